The normalized spacial score (nSPS) is 10.4. The average Bonchev–Trinajstić information content (AvgIpc) is 2.03. The van der Waals surface area contributed by atoms with Gasteiger partial charge in [0.25, 0.3) is 0 Å². The van der Waals surface area contributed by atoms with Crippen molar-refractivity contribution in [3.05, 3.63) is 35.4 Å². The van der Waals surface area contributed by atoms with E-state index >= 15 is 0 Å². The predicted molar refractivity (Wildman–Crippen MR) is 45.8 cm³/mol. The molecule has 1 aromatic rings. The maximum Gasteiger partial charge on any atom is 0.106 e. The number of oxime groups is 1. The lowest BCUT2D eigenvalue weighted by molar-refractivity contribution is 0.215. The van der Waals surface area contributed by atoms with Crippen molar-refractivity contribution in [2.75, 3.05) is 7.11 Å². The Balaban J connectivity index is 2.86. The second-order valence-corrected chi connectivity index (χ2v) is 2.27. The minimum absolute atomic E-state index is 1.09. The average molecular weight is 149 g/mol. The van der Waals surface area contributed by atoms with E-state index in [1.807, 2.05) is 31.2 Å². The molecular weight excluding hydrogens is 138 g/mol. The molecule has 2 heteroatoms. The fourth-order valence-corrected chi connectivity index (χ4v) is 0.841. The fraction of sp³-hybridized carbons (Fsp3) is 0.222. The molecule has 0 saturated carbocycles. The van der Waals surface area contributed by atoms with Gasteiger partial charge in [-0.2, -0.15) is 0 Å². The highest BCUT2D eigenvalue weighted by molar-refractivity contribution is 5.80. The summed E-state index contributed by atoms with van der Waals surface area (Å²) in [5.41, 5.74) is 2.29. The van der Waals surface area contributed by atoms with E-state index in [1.165, 1.54) is 12.7 Å². The largest absolute Gasteiger partial charge is 0.399 e. The molecule has 0 radical (unpaired) electrons. The van der Waals surface area contributed by atoms with Gasteiger partial charge in [-0.3, -0.25) is 0 Å². The zero-order valence-corrected chi connectivity index (χ0v) is 6.74. The van der Waals surface area contributed by atoms with Crippen LogP contribution in [0.4, 0.5) is 0 Å². The van der Waals surface area contributed by atoms with Crippen LogP contribution in [0.1, 0.15) is 11.1 Å². The number of nitrogens with zero attached hydrogens (tertiary/aromatic N) is 1. The molecule has 2 nitrogen and oxygen atoms in total. The maximum absolute atomic E-state index is 4.57. The van der Waals surface area contributed by atoms with Crippen molar-refractivity contribution in [1.29, 1.82) is 0 Å². The van der Waals surface area contributed by atoms with Crippen LogP contribution in [-0.2, 0) is 4.84 Å². The lowest BCUT2D eigenvalue weighted by atomic mass is 10.1. The Kier molecular flexibility index (Phi) is 2.66. The minimum atomic E-state index is 1.09. The quantitative estimate of drug-likeness (QED) is 0.465. The zero-order chi connectivity index (χ0) is 8.10. The van der Waals surface area contributed by atoms with Crippen LogP contribution < -0.4 is 0 Å². The molecule has 0 aromatic heterocycles. The maximum atomic E-state index is 4.57. The van der Waals surface area contributed by atoms with Crippen LogP contribution in [0.3, 0.4) is 0 Å². The standard InChI is InChI=1S/C9H11NO/c1-8-5-3-4-6-9(8)7-10-11-2/h3-7H,1-2H3. The number of rotatable bonds is 2. The van der Waals surface area contributed by atoms with Gasteiger partial charge in [-0.1, -0.05) is 29.4 Å². The predicted octanol–water partition coefficient (Wildman–Crippen LogP) is 1.98. The zero-order valence-electron chi connectivity index (χ0n) is 6.74. The third kappa shape index (κ3) is 2.08. The molecule has 0 bridgehead atoms. The van der Waals surface area contributed by atoms with E-state index < -0.39 is 0 Å². The molecule has 0 fully saturated rings. The molecule has 0 heterocycles. The third-order valence-corrected chi connectivity index (χ3v) is 1.49. The molecule has 0 atom stereocenters. The summed E-state index contributed by atoms with van der Waals surface area (Å²) in [7, 11) is 1.54. The van der Waals surface area contributed by atoms with Gasteiger partial charge < -0.3 is 4.84 Å². The van der Waals surface area contributed by atoms with Crippen LogP contribution in [-0.4, -0.2) is 13.3 Å². The van der Waals surface area contributed by atoms with Crippen LogP contribution >= 0.6 is 0 Å². The number of hydrogen-bond donors (Lipinski definition) is 0. The van der Waals surface area contributed by atoms with Gasteiger partial charge in [0.05, 0.1) is 6.21 Å². The summed E-state index contributed by atoms with van der Waals surface area (Å²) in [6.45, 7) is 2.04. The van der Waals surface area contributed by atoms with Crippen molar-refractivity contribution in [3.63, 3.8) is 0 Å². The van der Waals surface area contributed by atoms with Crippen molar-refractivity contribution >= 4 is 6.21 Å². The Hall–Kier alpha value is -1.31. The summed E-state index contributed by atoms with van der Waals surface area (Å²) in [6, 6.07) is 8.01. The van der Waals surface area contributed by atoms with Gasteiger partial charge in [-0.15, -0.1) is 0 Å². The molecule has 0 spiro atoms. The lowest BCUT2D eigenvalue weighted by Crippen LogP contribution is -1.85. The Morgan fingerprint density at radius 2 is 2.09 bits per heavy atom. The van der Waals surface area contributed by atoms with E-state index in [-0.39, 0.29) is 0 Å². The van der Waals surface area contributed by atoms with E-state index in [0.717, 1.165) is 5.56 Å². The van der Waals surface area contributed by atoms with Crippen molar-refractivity contribution < 1.29 is 4.84 Å². The molecule has 1 rings (SSSR count). The summed E-state index contributed by atoms with van der Waals surface area (Å²) in [5, 5.41) is 3.68. The van der Waals surface area contributed by atoms with E-state index in [4.69, 9.17) is 0 Å². The number of benzene rings is 1. The van der Waals surface area contributed by atoms with E-state index in [9.17, 15) is 0 Å². The molecule has 1 aromatic carbocycles. The van der Waals surface area contributed by atoms with Gasteiger partial charge in [0.1, 0.15) is 7.11 Å². The minimum Gasteiger partial charge on any atom is -0.399 e. The highest BCUT2D eigenvalue weighted by atomic mass is 16.6. The van der Waals surface area contributed by atoms with Crippen LogP contribution in [0.25, 0.3) is 0 Å². The van der Waals surface area contributed by atoms with Gasteiger partial charge in [-0.05, 0) is 18.1 Å². The molecule has 11 heavy (non-hydrogen) atoms. The first-order valence-corrected chi connectivity index (χ1v) is 3.47. The van der Waals surface area contributed by atoms with Crippen LogP contribution in [0.2, 0.25) is 0 Å². The van der Waals surface area contributed by atoms with Crippen LogP contribution in [0.5, 0.6) is 0 Å². The van der Waals surface area contributed by atoms with Crippen LogP contribution in [0, 0.1) is 6.92 Å². The van der Waals surface area contributed by atoms with Crippen molar-refractivity contribution in [3.8, 4) is 0 Å². The molecule has 0 aliphatic heterocycles. The van der Waals surface area contributed by atoms with Crippen molar-refractivity contribution in [2.45, 2.75) is 6.92 Å². The van der Waals surface area contributed by atoms with Crippen LogP contribution in [0.15, 0.2) is 29.4 Å². The summed E-state index contributed by atoms with van der Waals surface area (Å²) < 4.78 is 0. The van der Waals surface area contributed by atoms with Gasteiger partial charge in [0, 0.05) is 0 Å². The molecule has 0 N–H and O–H groups in total. The molecule has 0 aliphatic rings. The van der Waals surface area contributed by atoms with Gasteiger partial charge in [0.15, 0.2) is 0 Å². The Labute approximate surface area is 66.5 Å². The topological polar surface area (TPSA) is 21.6 Å². The first-order chi connectivity index (χ1) is 5.34. The third-order valence-electron chi connectivity index (χ3n) is 1.49. The SMILES string of the molecule is CON=Cc1ccccc1C. The summed E-state index contributed by atoms with van der Waals surface area (Å²) in [6.07, 6.45) is 1.70. The Morgan fingerprint density at radius 1 is 1.36 bits per heavy atom. The molecule has 0 saturated heterocycles. The molecule has 0 unspecified atom stereocenters. The highest BCUT2D eigenvalue weighted by Gasteiger charge is 1.90. The number of hydrogen-bond acceptors (Lipinski definition) is 2. The van der Waals surface area contributed by atoms with Gasteiger partial charge in [-0.25, -0.2) is 0 Å². The second kappa shape index (κ2) is 3.76. The summed E-state index contributed by atoms with van der Waals surface area (Å²) in [5.74, 6) is 0. The fourth-order valence-electron chi connectivity index (χ4n) is 0.841. The van der Waals surface area contributed by atoms with E-state index in [0.29, 0.717) is 0 Å². The van der Waals surface area contributed by atoms with Gasteiger partial charge >= 0.3 is 0 Å². The number of aryl methyl sites for hydroxylation is 1. The van der Waals surface area contributed by atoms with Crippen molar-refractivity contribution in [2.24, 2.45) is 5.16 Å². The smallest absolute Gasteiger partial charge is 0.106 e. The summed E-state index contributed by atoms with van der Waals surface area (Å²) in [4.78, 5) is 4.57. The molecule has 58 valence electrons. The first-order valence-electron chi connectivity index (χ1n) is 3.47. The monoisotopic (exact) mass is 149 g/mol. The Morgan fingerprint density at radius 3 is 2.73 bits per heavy atom. The highest BCUT2D eigenvalue weighted by Crippen LogP contribution is 2.03. The van der Waals surface area contributed by atoms with Gasteiger partial charge in [0.2, 0.25) is 0 Å². The van der Waals surface area contributed by atoms with E-state index in [2.05, 4.69) is 9.99 Å². The second-order valence-electron chi connectivity index (χ2n) is 2.27. The first kappa shape index (κ1) is 7.79. The van der Waals surface area contributed by atoms with Crippen molar-refractivity contribution in [1.82, 2.24) is 0 Å². The molecular formula is C9H11NO. The Bertz CT molecular complexity index is 255. The lowest BCUT2D eigenvalue weighted by Gasteiger charge is -1.95. The molecule has 0 aliphatic carbocycles. The van der Waals surface area contributed by atoms with E-state index in [1.54, 1.807) is 6.21 Å². The molecule has 0 amide bonds. The summed E-state index contributed by atoms with van der Waals surface area (Å²) >= 11 is 0.